The number of fused-ring (bicyclic) bond motifs is 8. The Labute approximate surface area is 307 Å². The summed E-state index contributed by atoms with van der Waals surface area (Å²) < 4.78 is 25.4. The second-order valence-electron chi connectivity index (χ2n) is 13.3. The average molecular weight is 755 g/mol. The van der Waals surface area contributed by atoms with Gasteiger partial charge in [-0.1, -0.05) is 86.4 Å². The topological polar surface area (TPSA) is 121 Å². The molecule has 4 heterocycles. The van der Waals surface area contributed by atoms with Crippen molar-refractivity contribution >= 4 is 66.0 Å². The fraction of sp³-hybridized carbons (Fsp3) is 0.375. The number of hydrogen-bond acceptors (Lipinski definition) is 9. The molecule has 1 atom stereocenters. The van der Waals surface area contributed by atoms with E-state index in [2.05, 4.69) is 74.9 Å². The van der Waals surface area contributed by atoms with E-state index in [4.69, 9.17) is 30.4 Å². The van der Waals surface area contributed by atoms with Crippen LogP contribution in [0.1, 0.15) is 71.1 Å². The highest BCUT2D eigenvalue weighted by Gasteiger charge is 2.26. The smallest absolute Gasteiger partial charge is 0.231 e. The minimum absolute atomic E-state index is 0.0774. The summed E-state index contributed by atoms with van der Waals surface area (Å²) in [5.74, 6) is 3.91. The number of aryl methyl sites for hydroxylation is 1. The van der Waals surface area contributed by atoms with Gasteiger partial charge in [0.05, 0.1) is 16.2 Å². The van der Waals surface area contributed by atoms with Crippen LogP contribution in [0.3, 0.4) is 0 Å². The van der Waals surface area contributed by atoms with E-state index in [1.54, 1.807) is 0 Å². The Morgan fingerprint density at radius 3 is 2.25 bits per heavy atom. The number of pyridine rings is 1. The van der Waals surface area contributed by atoms with E-state index in [9.17, 15) is 0 Å². The second-order valence-corrected chi connectivity index (χ2v) is 14.2. The lowest BCUT2D eigenvalue weighted by molar-refractivity contribution is -0.642. The van der Waals surface area contributed by atoms with Gasteiger partial charge < -0.3 is 30.4 Å². The molecule has 0 spiro atoms. The predicted octanol–water partition coefficient (Wildman–Crippen LogP) is 8.57. The molecule has 0 aliphatic carbocycles. The van der Waals surface area contributed by atoms with E-state index in [1.165, 1.54) is 56.8 Å². The van der Waals surface area contributed by atoms with Gasteiger partial charge in [-0.3, -0.25) is 4.90 Å². The zero-order chi connectivity index (χ0) is 35.3. The van der Waals surface area contributed by atoms with Crippen LogP contribution in [-0.2, 0) is 7.05 Å². The fourth-order valence-corrected chi connectivity index (χ4v) is 7.62. The molecule has 0 saturated heterocycles. The van der Waals surface area contributed by atoms with Gasteiger partial charge in [0.2, 0.25) is 31.0 Å². The zero-order valence-electron chi connectivity index (χ0n) is 29.4. The number of nitrogens with zero attached hydrogens (tertiary/aromatic N) is 4. The van der Waals surface area contributed by atoms with Gasteiger partial charge in [0, 0.05) is 15.5 Å². The van der Waals surface area contributed by atoms with Crippen molar-refractivity contribution in [2.75, 3.05) is 18.5 Å². The molecule has 1 aromatic heterocycles. The predicted molar refractivity (Wildman–Crippen MR) is 208 cm³/mol. The van der Waals surface area contributed by atoms with Gasteiger partial charge in [-0.2, -0.15) is 9.56 Å². The Balaban J connectivity index is 0.000000159. The van der Waals surface area contributed by atoms with Gasteiger partial charge in [-0.25, -0.2) is 4.99 Å². The third-order valence-corrected chi connectivity index (χ3v) is 10.2. The summed E-state index contributed by atoms with van der Waals surface area (Å²) in [5.41, 5.74) is 14.1. The molecular weight excluding hydrogens is 708 g/mol. The Morgan fingerprint density at radius 2 is 1.47 bits per heavy atom. The second kappa shape index (κ2) is 15.6. The quantitative estimate of drug-likeness (QED) is 0.0788. The molecule has 1 unspecified atom stereocenters. The van der Waals surface area contributed by atoms with Crippen molar-refractivity contribution < 1.29 is 23.5 Å². The van der Waals surface area contributed by atoms with Gasteiger partial charge in [0.15, 0.2) is 29.2 Å². The Morgan fingerprint density at radius 1 is 0.765 bits per heavy atom. The van der Waals surface area contributed by atoms with E-state index in [-0.39, 0.29) is 25.7 Å². The zero-order valence-corrected chi connectivity index (χ0v) is 31.0. The van der Waals surface area contributed by atoms with Crippen molar-refractivity contribution in [1.82, 2.24) is 0 Å². The number of guanidine groups is 2. The summed E-state index contributed by atoms with van der Waals surface area (Å²) in [6.07, 6.45) is 14.7. The molecule has 5 aromatic rings. The van der Waals surface area contributed by atoms with Crippen molar-refractivity contribution in [3.05, 3.63) is 71.3 Å². The van der Waals surface area contributed by atoms with Crippen molar-refractivity contribution in [2.24, 2.45) is 28.5 Å². The maximum absolute atomic E-state index is 6.15. The van der Waals surface area contributed by atoms with Crippen LogP contribution in [0.25, 0.3) is 32.4 Å². The lowest BCUT2D eigenvalue weighted by atomic mass is 10.00. The van der Waals surface area contributed by atoms with Crippen molar-refractivity contribution in [2.45, 2.75) is 77.3 Å². The first-order valence-corrected chi connectivity index (χ1v) is 18.8. The summed E-state index contributed by atoms with van der Waals surface area (Å²) in [4.78, 5) is 10.6. The molecule has 0 bridgehead atoms. The minimum Gasteiger partial charge on any atom is -0.454 e. The third-order valence-electron chi connectivity index (χ3n) is 9.74. The Bertz CT molecular complexity index is 2120. The Hall–Kier alpha value is -4.77. The van der Waals surface area contributed by atoms with E-state index >= 15 is 0 Å². The third kappa shape index (κ3) is 7.49. The first-order chi connectivity index (χ1) is 24.9. The van der Waals surface area contributed by atoms with Gasteiger partial charge in [0.25, 0.3) is 0 Å². The van der Waals surface area contributed by atoms with Crippen LogP contribution in [0.2, 0.25) is 0 Å². The van der Waals surface area contributed by atoms with Crippen LogP contribution in [0, 0.1) is 0 Å². The van der Waals surface area contributed by atoms with Crippen LogP contribution in [0.4, 0.5) is 5.69 Å². The highest BCUT2D eigenvalue weighted by molar-refractivity contribution is 9.10. The van der Waals surface area contributed by atoms with Crippen LogP contribution in [0.15, 0.2) is 81.3 Å². The van der Waals surface area contributed by atoms with Crippen molar-refractivity contribution in [3.63, 3.8) is 0 Å². The highest BCUT2D eigenvalue weighted by atomic mass is 79.9. The first-order valence-electron chi connectivity index (χ1n) is 18.0. The molecule has 3 aliphatic heterocycles. The molecule has 8 rings (SSSR count). The number of anilines is 1. The van der Waals surface area contributed by atoms with E-state index in [1.807, 2.05) is 41.3 Å². The summed E-state index contributed by atoms with van der Waals surface area (Å²) in [5, 5.41) is 5.66. The van der Waals surface area contributed by atoms with E-state index in [0.717, 1.165) is 73.1 Å². The van der Waals surface area contributed by atoms with Gasteiger partial charge in [0.1, 0.15) is 13.2 Å². The molecule has 0 fully saturated rings. The maximum Gasteiger partial charge on any atom is 0.231 e. The largest absolute Gasteiger partial charge is 0.454 e. The molecule has 3 aliphatic rings. The highest BCUT2D eigenvalue weighted by Crippen LogP contribution is 2.43. The maximum atomic E-state index is 6.15. The van der Waals surface area contributed by atoms with Crippen molar-refractivity contribution in [3.8, 4) is 23.0 Å². The molecule has 0 radical (unpaired) electrons. The number of halogens is 1. The lowest BCUT2D eigenvalue weighted by Crippen LogP contribution is -2.48. The number of hydrogen-bond donors (Lipinski definition) is 2. The number of nitrogens with two attached hydrogens (primary N) is 2. The normalized spacial score (nSPS) is 16.0. The molecular formula is C40H46BrN6O4+. The van der Waals surface area contributed by atoms with Crippen LogP contribution in [0.5, 0.6) is 23.0 Å². The number of rotatable bonds is 11. The Kier molecular flexibility index (Phi) is 10.6. The number of benzene rings is 4. The molecule has 0 amide bonds. The molecule has 51 heavy (non-hydrogen) atoms. The van der Waals surface area contributed by atoms with E-state index < -0.39 is 0 Å². The molecule has 4 N–H and O–H groups in total. The molecule has 11 heteroatoms. The van der Waals surface area contributed by atoms with E-state index in [0.29, 0.717) is 5.96 Å². The van der Waals surface area contributed by atoms with Crippen LogP contribution < -0.4 is 39.9 Å². The van der Waals surface area contributed by atoms with Gasteiger partial charge in [-0.15, -0.1) is 0 Å². The van der Waals surface area contributed by atoms with Crippen molar-refractivity contribution in [1.29, 1.82) is 0 Å². The van der Waals surface area contributed by atoms with Crippen LogP contribution >= 0.6 is 15.9 Å². The SMILES string of the molecule is CCCCCCCCCCCC1N=C(N)N=C(N)N1c1cccc(Br)c1.C[n+]1cc2c3c(ccc2c2ccc4cc5c(cc4c21)OCO5)OCO3. The lowest BCUT2D eigenvalue weighted by Gasteiger charge is -2.32. The number of aromatic nitrogens is 1. The first kappa shape index (κ1) is 34.7. The molecule has 10 nitrogen and oxygen atoms in total. The number of ether oxygens (including phenoxy) is 4. The average Bonchev–Trinajstić information content (AvgIpc) is 3.80. The summed E-state index contributed by atoms with van der Waals surface area (Å²) in [6, 6.07) is 20.5. The van der Waals surface area contributed by atoms with Crippen LogP contribution in [-0.4, -0.2) is 31.7 Å². The molecule has 0 saturated carbocycles. The molecule has 4 aromatic carbocycles. The summed E-state index contributed by atoms with van der Waals surface area (Å²) >= 11 is 3.52. The fourth-order valence-electron chi connectivity index (χ4n) is 7.24. The molecule has 266 valence electrons. The standard InChI is InChI=1S/C20H32BrN5.C20H14NO4/c1-2-3-4-5-6-7-8-9-10-14-18-24-19(22)25-20(23)26(18)17-13-11-12-16(21)15-17;1-21-8-15-12(4-5-16-20(15)25-10-22-16)13-3-2-11-6-17-18(24-9-23-17)7-14(11)19(13)21/h11-13,15,18H,2-10,14H2,1H3,(H4,22,23,24,25);2-8H,9-10H2,1H3/q;+1. The number of unbranched alkanes of at least 4 members (excludes halogenated alkanes) is 8. The van der Waals surface area contributed by atoms with Gasteiger partial charge >= 0.3 is 0 Å². The number of aliphatic imine (C=N–C) groups is 2. The summed E-state index contributed by atoms with van der Waals surface area (Å²) in [7, 11) is 2.06. The summed E-state index contributed by atoms with van der Waals surface area (Å²) in [6.45, 7) is 2.81. The monoisotopic (exact) mass is 753 g/mol. The minimum atomic E-state index is -0.0774. The van der Waals surface area contributed by atoms with Gasteiger partial charge in [-0.05, 0) is 66.8 Å².